The molecule has 2 saturated heterocycles. The van der Waals surface area contributed by atoms with E-state index in [2.05, 4.69) is 91.5 Å². The lowest BCUT2D eigenvalue weighted by Crippen LogP contribution is -2.60. The second-order valence-electron chi connectivity index (χ2n) is 19.7. The summed E-state index contributed by atoms with van der Waals surface area (Å²) in [6.45, 7) is 27.0. The van der Waals surface area contributed by atoms with E-state index in [4.69, 9.17) is 19.9 Å². The van der Waals surface area contributed by atoms with Crippen molar-refractivity contribution in [1.82, 2.24) is 25.1 Å². The van der Waals surface area contributed by atoms with Gasteiger partial charge in [0, 0.05) is 22.2 Å². The van der Waals surface area contributed by atoms with Gasteiger partial charge in [0.1, 0.15) is 22.5 Å². The average Bonchev–Trinajstić information content (AvgIpc) is 3.53. The molecule has 1 N–H and O–H groups in total. The highest BCUT2D eigenvalue weighted by molar-refractivity contribution is 5.80. The van der Waals surface area contributed by atoms with Crippen LogP contribution in [-0.2, 0) is 9.68 Å². The zero-order valence-electron chi connectivity index (χ0n) is 36.8. The van der Waals surface area contributed by atoms with Crippen molar-refractivity contribution in [1.29, 1.82) is 0 Å². The maximum Gasteiger partial charge on any atom is 0.143 e. The molecule has 2 aliphatic heterocycles. The van der Waals surface area contributed by atoms with Gasteiger partial charge in [-0.2, -0.15) is 10.1 Å². The Labute approximate surface area is 334 Å². The molecule has 2 aromatic carbocycles. The number of phenols is 1. The SMILES string of the molecule is CCCCCCCCON1C(C)(C)CC(c2ccc3nn(-c4cc(C)ccc4O)nc3c2C2CC(C)(C)N(OCCCCCCCC)C(C)(C)C2)CC1(C)C. The molecular formula is C47H77N5O3. The van der Waals surface area contributed by atoms with Crippen molar-refractivity contribution < 1.29 is 14.8 Å². The van der Waals surface area contributed by atoms with E-state index in [1.54, 1.807) is 10.9 Å². The van der Waals surface area contributed by atoms with Crippen molar-refractivity contribution in [2.45, 2.75) is 213 Å². The Balaban J connectivity index is 1.47. The van der Waals surface area contributed by atoms with Gasteiger partial charge >= 0.3 is 0 Å². The summed E-state index contributed by atoms with van der Waals surface area (Å²) in [5, 5.41) is 25.9. The maximum atomic E-state index is 10.9. The number of unbranched alkanes of at least 4 members (excludes halogenated alkanes) is 10. The standard InChI is InChI=1S/C47H77N5O3/c1-12-14-16-18-20-22-28-54-51-44(4,5)31-36(32-45(51,6)7)38-25-26-39-43(49-50(48-39)40-30-35(3)24-27-41(40)53)42(38)37-33-46(8,9)52(47(10,11)34-37)55-29-23-21-19-17-15-13-2/h24-27,30,36-37,53H,12-23,28-29,31-34H2,1-11H3. The van der Waals surface area contributed by atoms with E-state index in [1.807, 2.05) is 19.1 Å². The summed E-state index contributed by atoms with van der Waals surface area (Å²) < 4.78 is 0. The fourth-order valence-electron chi connectivity index (χ4n) is 10.4. The second kappa shape index (κ2) is 18.4. The molecule has 3 heterocycles. The van der Waals surface area contributed by atoms with Gasteiger partial charge in [-0.05, 0) is 148 Å². The van der Waals surface area contributed by atoms with Crippen LogP contribution in [0.2, 0.25) is 0 Å². The number of rotatable bonds is 19. The van der Waals surface area contributed by atoms with Crippen LogP contribution >= 0.6 is 0 Å². The molecule has 5 rings (SSSR count). The Morgan fingerprint density at radius 2 is 1.09 bits per heavy atom. The number of aromatic hydroxyl groups is 1. The van der Waals surface area contributed by atoms with Crippen LogP contribution in [-0.4, -0.2) is 65.6 Å². The van der Waals surface area contributed by atoms with Crippen molar-refractivity contribution in [3.63, 3.8) is 0 Å². The first kappa shape index (κ1) is 43.6. The summed E-state index contributed by atoms with van der Waals surface area (Å²) in [6, 6.07) is 10.2. The van der Waals surface area contributed by atoms with E-state index in [0.29, 0.717) is 11.6 Å². The molecule has 3 aromatic rings. The molecule has 0 aliphatic carbocycles. The molecule has 2 fully saturated rings. The molecule has 8 nitrogen and oxygen atoms in total. The lowest BCUT2D eigenvalue weighted by atomic mass is 9.67. The lowest BCUT2D eigenvalue weighted by molar-refractivity contribution is -0.284. The van der Waals surface area contributed by atoms with Crippen LogP contribution in [0.15, 0.2) is 30.3 Å². The highest BCUT2D eigenvalue weighted by Gasteiger charge is 2.50. The number of fused-ring (bicyclic) bond motifs is 1. The highest BCUT2D eigenvalue weighted by atomic mass is 16.7. The van der Waals surface area contributed by atoms with Gasteiger partial charge in [-0.25, -0.2) is 0 Å². The fraction of sp³-hybridized carbons (Fsp3) is 0.745. The summed E-state index contributed by atoms with van der Waals surface area (Å²) in [5.41, 5.74) is 5.52. The van der Waals surface area contributed by atoms with Crippen LogP contribution < -0.4 is 0 Å². The van der Waals surface area contributed by atoms with Crippen LogP contribution in [0.25, 0.3) is 16.7 Å². The van der Waals surface area contributed by atoms with E-state index in [9.17, 15) is 5.11 Å². The number of hydroxylamine groups is 4. The molecule has 0 spiro atoms. The summed E-state index contributed by atoms with van der Waals surface area (Å²) >= 11 is 0. The van der Waals surface area contributed by atoms with Crippen LogP contribution in [0.4, 0.5) is 0 Å². The molecule has 0 saturated carbocycles. The quantitative estimate of drug-likeness (QED) is 0.122. The van der Waals surface area contributed by atoms with E-state index in [1.165, 1.54) is 75.3 Å². The van der Waals surface area contributed by atoms with Gasteiger partial charge in [0.2, 0.25) is 0 Å². The van der Waals surface area contributed by atoms with Crippen molar-refractivity contribution >= 4 is 11.0 Å². The van der Waals surface area contributed by atoms with E-state index in [-0.39, 0.29) is 33.8 Å². The number of phenolic OH excluding ortho intramolecular Hbond substituents is 1. The normalized spacial score (nSPS) is 20.4. The number of hydrogen-bond acceptors (Lipinski definition) is 7. The van der Waals surface area contributed by atoms with Gasteiger partial charge in [-0.3, -0.25) is 9.68 Å². The van der Waals surface area contributed by atoms with Gasteiger partial charge in [0.25, 0.3) is 0 Å². The first-order chi connectivity index (χ1) is 26.0. The number of hydrogen-bond donors (Lipinski definition) is 1. The number of benzene rings is 2. The minimum absolute atomic E-state index is 0.155. The molecule has 1 aromatic heterocycles. The first-order valence-corrected chi connectivity index (χ1v) is 22.1. The Hall–Kier alpha value is -2.52. The first-order valence-electron chi connectivity index (χ1n) is 22.1. The largest absolute Gasteiger partial charge is 0.506 e. The van der Waals surface area contributed by atoms with Gasteiger partial charge in [0.15, 0.2) is 0 Å². The van der Waals surface area contributed by atoms with Crippen LogP contribution in [0.3, 0.4) is 0 Å². The Bertz CT molecular complexity index is 1640. The van der Waals surface area contributed by atoms with Crippen LogP contribution in [0, 0.1) is 6.92 Å². The minimum atomic E-state index is -0.189. The van der Waals surface area contributed by atoms with Crippen LogP contribution in [0.5, 0.6) is 5.75 Å². The molecule has 2 aliphatic rings. The second-order valence-corrected chi connectivity index (χ2v) is 19.7. The van der Waals surface area contributed by atoms with Crippen molar-refractivity contribution in [3.05, 3.63) is 47.0 Å². The Morgan fingerprint density at radius 1 is 0.618 bits per heavy atom. The summed E-state index contributed by atoms with van der Waals surface area (Å²) in [5.74, 6) is 0.758. The maximum absolute atomic E-state index is 10.9. The van der Waals surface area contributed by atoms with Gasteiger partial charge in [0.05, 0.1) is 13.2 Å². The zero-order chi connectivity index (χ0) is 40.0. The number of nitrogens with zero attached hydrogens (tertiary/aromatic N) is 5. The molecule has 0 radical (unpaired) electrons. The average molecular weight is 760 g/mol. The monoisotopic (exact) mass is 760 g/mol. The van der Waals surface area contributed by atoms with Crippen molar-refractivity contribution in [2.24, 2.45) is 0 Å². The molecule has 55 heavy (non-hydrogen) atoms. The third-order valence-electron chi connectivity index (χ3n) is 12.4. The molecular weight excluding hydrogens is 683 g/mol. The minimum Gasteiger partial charge on any atom is -0.506 e. The van der Waals surface area contributed by atoms with E-state index < -0.39 is 0 Å². The fourth-order valence-corrected chi connectivity index (χ4v) is 10.4. The van der Waals surface area contributed by atoms with Gasteiger partial charge in [-0.1, -0.05) is 90.2 Å². The molecule has 308 valence electrons. The topological polar surface area (TPSA) is 75.9 Å². The number of aryl methyl sites for hydroxylation is 1. The third-order valence-corrected chi connectivity index (χ3v) is 12.4. The van der Waals surface area contributed by atoms with E-state index >= 15 is 0 Å². The highest BCUT2D eigenvalue weighted by Crippen LogP contribution is 2.52. The number of piperidine rings is 2. The summed E-state index contributed by atoms with van der Waals surface area (Å²) in [7, 11) is 0. The smallest absolute Gasteiger partial charge is 0.143 e. The van der Waals surface area contributed by atoms with E-state index in [0.717, 1.165) is 68.3 Å². The predicted molar refractivity (Wildman–Crippen MR) is 228 cm³/mol. The molecule has 0 atom stereocenters. The predicted octanol–water partition coefficient (Wildman–Crippen LogP) is 12.5. The molecule has 0 unspecified atom stereocenters. The van der Waals surface area contributed by atoms with Crippen molar-refractivity contribution in [2.75, 3.05) is 13.2 Å². The Kier molecular flexibility index (Phi) is 14.6. The summed E-state index contributed by atoms with van der Waals surface area (Å²) in [4.78, 5) is 15.1. The molecule has 8 heteroatoms. The Morgan fingerprint density at radius 3 is 1.60 bits per heavy atom. The summed E-state index contributed by atoms with van der Waals surface area (Å²) in [6.07, 6.45) is 19.0. The molecule has 0 bridgehead atoms. The van der Waals surface area contributed by atoms with Crippen molar-refractivity contribution in [3.8, 4) is 11.4 Å². The number of aromatic nitrogens is 3. The van der Waals surface area contributed by atoms with Gasteiger partial charge in [-0.15, -0.1) is 15.0 Å². The molecule has 0 amide bonds. The third kappa shape index (κ3) is 10.5. The zero-order valence-corrected chi connectivity index (χ0v) is 36.8. The lowest BCUT2D eigenvalue weighted by Gasteiger charge is -2.55. The van der Waals surface area contributed by atoms with Gasteiger partial charge < -0.3 is 5.11 Å². The van der Waals surface area contributed by atoms with Crippen LogP contribution in [0.1, 0.15) is 200 Å².